The zero-order valence-corrected chi connectivity index (χ0v) is 9.43. The SMILES string of the molecule is CC#CCOS(=O)(=O)/C=C/CCCC. The fraction of sp³-hybridized carbons (Fsp3) is 0.600. The highest BCUT2D eigenvalue weighted by Crippen LogP contribution is 2.00. The highest BCUT2D eigenvalue weighted by Gasteiger charge is 2.02. The van der Waals surface area contributed by atoms with Gasteiger partial charge in [0.05, 0.1) is 5.41 Å². The molecule has 0 aliphatic heterocycles. The molecule has 0 fully saturated rings. The minimum Gasteiger partial charge on any atom is -0.254 e. The van der Waals surface area contributed by atoms with Gasteiger partial charge in [0.2, 0.25) is 0 Å². The molecule has 0 radical (unpaired) electrons. The van der Waals surface area contributed by atoms with Gasteiger partial charge >= 0.3 is 0 Å². The summed E-state index contributed by atoms with van der Waals surface area (Å²) in [6, 6.07) is 0. The van der Waals surface area contributed by atoms with Gasteiger partial charge in [-0.1, -0.05) is 31.8 Å². The maximum absolute atomic E-state index is 11.1. The van der Waals surface area contributed by atoms with E-state index in [9.17, 15) is 8.42 Å². The van der Waals surface area contributed by atoms with E-state index in [2.05, 4.69) is 22.9 Å². The second kappa shape index (κ2) is 7.60. The molecule has 0 aromatic carbocycles. The van der Waals surface area contributed by atoms with Crippen LogP contribution in [-0.4, -0.2) is 15.0 Å². The van der Waals surface area contributed by atoms with Gasteiger partial charge in [-0.3, -0.25) is 4.18 Å². The maximum Gasteiger partial charge on any atom is 0.290 e. The molecule has 0 saturated carbocycles. The molecule has 0 aromatic heterocycles. The van der Waals surface area contributed by atoms with Crippen molar-refractivity contribution in [1.29, 1.82) is 0 Å². The lowest BCUT2D eigenvalue weighted by molar-refractivity contribution is 0.370. The standard InChI is InChI=1S/C10H16O3S/c1-3-5-7-8-10-14(11,12)13-9-6-4-2/h8,10H,3,5,7,9H2,1-2H3/b10-8+. The Balaban J connectivity index is 3.92. The Morgan fingerprint density at radius 3 is 2.71 bits per heavy atom. The van der Waals surface area contributed by atoms with E-state index >= 15 is 0 Å². The topological polar surface area (TPSA) is 43.4 Å². The van der Waals surface area contributed by atoms with Crippen LogP contribution in [0.5, 0.6) is 0 Å². The van der Waals surface area contributed by atoms with Gasteiger partial charge in [0.15, 0.2) is 0 Å². The number of unbranched alkanes of at least 4 members (excludes halogenated alkanes) is 2. The lowest BCUT2D eigenvalue weighted by atomic mass is 10.2. The van der Waals surface area contributed by atoms with E-state index in [0.29, 0.717) is 0 Å². The number of hydrogen-bond acceptors (Lipinski definition) is 3. The van der Waals surface area contributed by atoms with Crippen molar-refractivity contribution in [1.82, 2.24) is 0 Å². The van der Waals surface area contributed by atoms with Crippen LogP contribution in [0.2, 0.25) is 0 Å². The Kier molecular flexibility index (Phi) is 7.17. The molecule has 80 valence electrons. The third kappa shape index (κ3) is 7.84. The van der Waals surface area contributed by atoms with Crippen LogP contribution < -0.4 is 0 Å². The van der Waals surface area contributed by atoms with Crippen molar-refractivity contribution in [3.05, 3.63) is 11.5 Å². The molecule has 0 atom stereocenters. The molecule has 0 heterocycles. The quantitative estimate of drug-likeness (QED) is 0.388. The number of hydrogen-bond donors (Lipinski definition) is 0. The third-order valence-corrected chi connectivity index (χ3v) is 2.43. The summed E-state index contributed by atoms with van der Waals surface area (Å²) < 4.78 is 26.7. The molecule has 0 N–H and O–H groups in total. The van der Waals surface area contributed by atoms with Gasteiger partial charge in [0.25, 0.3) is 10.1 Å². The first-order valence-electron chi connectivity index (χ1n) is 4.58. The van der Waals surface area contributed by atoms with E-state index in [1.54, 1.807) is 13.0 Å². The summed E-state index contributed by atoms with van der Waals surface area (Å²) in [4.78, 5) is 0. The Labute approximate surface area is 86.3 Å². The molecule has 0 bridgehead atoms. The smallest absolute Gasteiger partial charge is 0.254 e. The molecule has 0 amide bonds. The molecule has 14 heavy (non-hydrogen) atoms. The molecule has 0 rings (SSSR count). The molecule has 0 saturated heterocycles. The third-order valence-electron chi connectivity index (χ3n) is 1.46. The van der Waals surface area contributed by atoms with Gasteiger partial charge in [-0.15, -0.1) is 5.92 Å². The molecule has 0 aromatic rings. The molecule has 4 heteroatoms. The van der Waals surface area contributed by atoms with Crippen LogP contribution in [0.4, 0.5) is 0 Å². The summed E-state index contributed by atoms with van der Waals surface area (Å²) in [5.41, 5.74) is 0. The van der Waals surface area contributed by atoms with E-state index in [1.807, 2.05) is 0 Å². The summed E-state index contributed by atoms with van der Waals surface area (Å²) in [6.45, 7) is 3.61. The monoisotopic (exact) mass is 216 g/mol. The highest BCUT2D eigenvalue weighted by atomic mass is 32.2. The Morgan fingerprint density at radius 2 is 2.14 bits per heavy atom. The average molecular weight is 216 g/mol. The first kappa shape index (κ1) is 13.2. The molecule has 0 spiro atoms. The van der Waals surface area contributed by atoms with Crippen LogP contribution in [0, 0.1) is 11.8 Å². The first-order chi connectivity index (χ1) is 6.62. The summed E-state index contributed by atoms with van der Waals surface area (Å²) in [6.07, 6.45) is 4.41. The Bertz CT molecular complexity index is 317. The zero-order chi connectivity index (χ0) is 10.9. The van der Waals surface area contributed by atoms with Crippen LogP contribution in [0.3, 0.4) is 0 Å². The molecule has 0 unspecified atom stereocenters. The zero-order valence-electron chi connectivity index (χ0n) is 8.62. The average Bonchev–Trinajstić information content (AvgIpc) is 2.13. The van der Waals surface area contributed by atoms with Crippen molar-refractivity contribution in [2.45, 2.75) is 33.1 Å². The second-order valence-corrected chi connectivity index (χ2v) is 4.19. The summed E-state index contributed by atoms with van der Waals surface area (Å²) >= 11 is 0. The van der Waals surface area contributed by atoms with E-state index in [4.69, 9.17) is 0 Å². The van der Waals surface area contributed by atoms with Crippen LogP contribution in [0.1, 0.15) is 33.1 Å². The van der Waals surface area contributed by atoms with Gasteiger partial charge in [0, 0.05) is 0 Å². The van der Waals surface area contributed by atoms with E-state index in [-0.39, 0.29) is 6.61 Å². The van der Waals surface area contributed by atoms with Crippen molar-refractivity contribution < 1.29 is 12.6 Å². The lowest BCUT2D eigenvalue weighted by Gasteiger charge is -1.95. The molecular weight excluding hydrogens is 200 g/mol. The van der Waals surface area contributed by atoms with E-state index in [1.165, 1.54) is 0 Å². The predicted molar refractivity (Wildman–Crippen MR) is 57.0 cm³/mol. The van der Waals surface area contributed by atoms with Crippen molar-refractivity contribution in [3.63, 3.8) is 0 Å². The molecule has 0 aliphatic rings. The van der Waals surface area contributed by atoms with E-state index < -0.39 is 10.1 Å². The predicted octanol–water partition coefficient (Wildman–Crippen LogP) is 2.06. The minimum absolute atomic E-state index is 0.0725. The Morgan fingerprint density at radius 1 is 1.43 bits per heavy atom. The van der Waals surface area contributed by atoms with Crippen LogP contribution >= 0.6 is 0 Å². The van der Waals surface area contributed by atoms with Crippen LogP contribution in [0.15, 0.2) is 11.5 Å². The van der Waals surface area contributed by atoms with Gasteiger partial charge < -0.3 is 0 Å². The molecular formula is C10H16O3S. The van der Waals surface area contributed by atoms with Gasteiger partial charge in [0.1, 0.15) is 6.61 Å². The molecule has 0 aliphatic carbocycles. The van der Waals surface area contributed by atoms with Crippen molar-refractivity contribution in [2.24, 2.45) is 0 Å². The first-order valence-corrected chi connectivity index (χ1v) is 6.05. The van der Waals surface area contributed by atoms with Crippen molar-refractivity contribution in [3.8, 4) is 11.8 Å². The van der Waals surface area contributed by atoms with Gasteiger partial charge in [-0.2, -0.15) is 8.42 Å². The fourth-order valence-corrected chi connectivity index (χ4v) is 1.40. The summed E-state index contributed by atoms with van der Waals surface area (Å²) in [7, 11) is -3.52. The van der Waals surface area contributed by atoms with Gasteiger partial charge in [-0.05, 0) is 13.3 Å². The Hall–Kier alpha value is -0.790. The van der Waals surface area contributed by atoms with Crippen LogP contribution in [0.25, 0.3) is 0 Å². The van der Waals surface area contributed by atoms with Crippen molar-refractivity contribution in [2.75, 3.05) is 6.61 Å². The minimum atomic E-state index is -3.52. The van der Waals surface area contributed by atoms with Gasteiger partial charge in [-0.25, -0.2) is 0 Å². The normalized spacial score (nSPS) is 11.3. The number of allylic oxidation sites excluding steroid dienone is 1. The number of rotatable bonds is 6. The van der Waals surface area contributed by atoms with E-state index in [0.717, 1.165) is 24.7 Å². The lowest BCUT2D eigenvalue weighted by Crippen LogP contribution is -2.01. The second-order valence-electron chi connectivity index (χ2n) is 2.70. The summed E-state index contributed by atoms with van der Waals surface area (Å²) in [5.74, 6) is 5.07. The van der Waals surface area contributed by atoms with Crippen LogP contribution in [-0.2, 0) is 14.3 Å². The van der Waals surface area contributed by atoms with Crippen molar-refractivity contribution >= 4 is 10.1 Å². The largest absolute Gasteiger partial charge is 0.290 e. The fourth-order valence-electron chi connectivity index (χ4n) is 0.731. The summed E-state index contributed by atoms with van der Waals surface area (Å²) in [5, 5.41) is 1.10. The molecule has 3 nitrogen and oxygen atoms in total. The maximum atomic E-state index is 11.1. The highest BCUT2D eigenvalue weighted by molar-refractivity contribution is 7.89.